The third-order valence-corrected chi connectivity index (χ3v) is 5.00. The van der Waals surface area contributed by atoms with Gasteiger partial charge in [0.2, 0.25) is 0 Å². The van der Waals surface area contributed by atoms with Crippen LogP contribution < -0.4 is 20.3 Å². The Kier molecular flexibility index (Phi) is 6.66. The average Bonchev–Trinajstić information content (AvgIpc) is 2.68. The molecule has 3 N–H and O–H groups in total. The predicted octanol–water partition coefficient (Wildman–Crippen LogP) is 1.34. The molecule has 28 heavy (non-hydrogen) atoms. The van der Waals surface area contributed by atoms with Gasteiger partial charge in [0.1, 0.15) is 5.75 Å². The highest BCUT2D eigenvalue weighted by molar-refractivity contribution is 5.91. The number of methoxy groups -OCH3 is 1. The molecule has 2 aromatic rings. The molecule has 148 valence electrons. The molecule has 0 aliphatic heterocycles. The number of hydrogen-bond donors (Lipinski definition) is 3. The smallest absolute Gasteiger partial charge is 0.279 e. The van der Waals surface area contributed by atoms with Crippen molar-refractivity contribution in [2.24, 2.45) is 0 Å². The van der Waals surface area contributed by atoms with Crippen LogP contribution in [0.1, 0.15) is 30.0 Å². The van der Waals surface area contributed by atoms with Gasteiger partial charge in [0.15, 0.2) is 13.1 Å². The van der Waals surface area contributed by atoms with Crippen molar-refractivity contribution in [3.8, 4) is 5.75 Å². The van der Waals surface area contributed by atoms with Crippen LogP contribution in [0, 0.1) is 0 Å². The average molecular weight is 382 g/mol. The molecule has 0 bridgehead atoms. The summed E-state index contributed by atoms with van der Waals surface area (Å²) in [4.78, 5) is 25.5. The second kappa shape index (κ2) is 9.37. The lowest BCUT2D eigenvalue weighted by Crippen LogP contribution is -3.11. The summed E-state index contributed by atoms with van der Waals surface area (Å²) >= 11 is 0. The van der Waals surface area contributed by atoms with Gasteiger partial charge in [-0.15, -0.1) is 0 Å². The maximum absolute atomic E-state index is 12.5. The van der Waals surface area contributed by atoms with E-state index in [1.54, 1.807) is 31.4 Å². The van der Waals surface area contributed by atoms with Crippen LogP contribution in [-0.2, 0) is 16.0 Å². The fourth-order valence-corrected chi connectivity index (χ4v) is 3.64. The summed E-state index contributed by atoms with van der Waals surface area (Å²) < 4.78 is 5.11. The Balaban J connectivity index is 1.47. The summed E-state index contributed by atoms with van der Waals surface area (Å²) in [6.45, 7) is 0.482. The van der Waals surface area contributed by atoms with Gasteiger partial charge in [-0.2, -0.15) is 0 Å². The van der Waals surface area contributed by atoms with Crippen LogP contribution in [0.4, 0.5) is 5.69 Å². The predicted molar refractivity (Wildman–Crippen MR) is 109 cm³/mol. The number of likely N-dealkylation sites (N-methyl/N-ethyl adjacent to an activating group) is 1. The standard InChI is InChI=1S/C22H27N3O3/c1-25(14-21(26)23-17-10-12-18(28-2)13-11-17)15-22(27)24-20-9-5-7-16-6-3-4-8-19(16)20/h3-4,6,8,10-13,20H,5,7,9,14-15H2,1-2H3,(H,23,26)(H,24,27)/p+1/t20-/m1/s1. The number of quaternary nitrogens is 1. The molecule has 6 nitrogen and oxygen atoms in total. The number of nitrogens with one attached hydrogen (secondary N) is 3. The molecule has 0 heterocycles. The highest BCUT2D eigenvalue weighted by atomic mass is 16.5. The Morgan fingerprint density at radius 3 is 2.54 bits per heavy atom. The van der Waals surface area contributed by atoms with Crippen LogP contribution >= 0.6 is 0 Å². The summed E-state index contributed by atoms with van der Waals surface area (Å²) in [5.74, 6) is 0.580. The van der Waals surface area contributed by atoms with Gasteiger partial charge in [-0.1, -0.05) is 24.3 Å². The maximum Gasteiger partial charge on any atom is 0.279 e. The molecule has 2 amide bonds. The first-order valence-electron chi connectivity index (χ1n) is 9.67. The van der Waals surface area contributed by atoms with Crippen LogP contribution in [0.15, 0.2) is 48.5 Å². The Bertz CT molecular complexity index is 820. The van der Waals surface area contributed by atoms with E-state index in [0.29, 0.717) is 5.69 Å². The van der Waals surface area contributed by atoms with Gasteiger partial charge < -0.3 is 20.3 Å². The van der Waals surface area contributed by atoms with Crippen LogP contribution in [0.5, 0.6) is 5.75 Å². The fourth-order valence-electron chi connectivity index (χ4n) is 3.64. The van der Waals surface area contributed by atoms with Gasteiger partial charge in [0, 0.05) is 5.69 Å². The number of carbonyl (C=O) groups is 2. The van der Waals surface area contributed by atoms with Crippen LogP contribution in [0.3, 0.4) is 0 Å². The number of rotatable bonds is 7. The number of ether oxygens (including phenoxy) is 1. The summed E-state index contributed by atoms with van der Waals surface area (Å²) in [6, 6.07) is 15.5. The Labute approximate surface area is 165 Å². The van der Waals surface area contributed by atoms with Crippen molar-refractivity contribution < 1.29 is 19.2 Å². The van der Waals surface area contributed by atoms with Crippen molar-refractivity contribution in [3.05, 3.63) is 59.7 Å². The first-order chi connectivity index (χ1) is 13.5. The van der Waals surface area contributed by atoms with Crippen LogP contribution in [0.25, 0.3) is 0 Å². The van der Waals surface area contributed by atoms with Crippen molar-refractivity contribution in [3.63, 3.8) is 0 Å². The largest absolute Gasteiger partial charge is 0.497 e. The van der Waals surface area contributed by atoms with Crippen molar-refractivity contribution in [2.45, 2.75) is 25.3 Å². The number of carbonyl (C=O) groups excluding carboxylic acids is 2. The van der Waals surface area contributed by atoms with Crippen molar-refractivity contribution in [1.82, 2.24) is 5.32 Å². The minimum absolute atomic E-state index is 0.0311. The van der Waals surface area contributed by atoms with E-state index in [0.717, 1.165) is 29.9 Å². The zero-order chi connectivity index (χ0) is 19.9. The molecule has 0 fully saturated rings. The molecule has 1 aliphatic rings. The SMILES string of the molecule is COc1ccc(NC(=O)C[NH+](C)CC(=O)N[C@@H]2CCCc3ccccc32)cc1. The van der Waals surface area contributed by atoms with E-state index in [4.69, 9.17) is 4.74 Å². The molecule has 0 aromatic heterocycles. The number of amides is 2. The van der Waals surface area contributed by atoms with E-state index >= 15 is 0 Å². The lowest BCUT2D eigenvalue weighted by Gasteiger charge is -2.26. The summed E-state index contributed by atoms with van der Waals surface area (Å²) in [5, 5.41) is 5.98. The second-order valence-corrected chi connectivity index (χ2v) is 7.30. The normalized spacial score (nSPS) is 16.6. The molecule has 1 aliphatic carbocycles. The highest BCUT2D eigenvalue weighted by Gasteiger charge is 2.23. The molecule has 2 atom stereocenters. The number of aryl methyl sites for hydroxylation is 1. The minimum Gasteiger partial charge on any atom is -0.497 e. The number of hydrogen-bond acceptors (Lipinski definition) is 3. The Hall–Kier alpha value is -2.86. The number of benzene rings is 2. The van der Waals surface area contributed by atoms with E-state index in [9.17, 15) is 9.59 Å². The Morgan fingerprint density at radius 1 is 1.07 bits per heavy atom. The number of fused-ring (bicyclic) bond motifs is 1. The fraction of sp³-hybridized carbons (Fsp3) is 0.364. The minimum atomic E-state index is -0.126. The maximum atomic E-state index is 12.5. The van der Waals surface area contributed by atoms with Crippen molar-refractivity contribution in [2.75, 3.05) is 32.6 Å². The number of anilines is 1. The van der Waals surface area contributed by atoms with E-state index in [-0.39, 0.29) is 30.9 Å². The van der Waals surface area contributed by atoms with Crippen molar-refractivity contribution in [1.29, 1.82) is 0 Å². The van der Waals surface area contributed by atoms with E-state index in [1.807, 2.05) is 19.2 Å². The third-order valence-electron chi connectivity index (χ3n) is 5.00. The monoisotopic (exact) mass is 382 g/mol. The molecule has 0 saturated heterocycles. The molecule has 6 heteroatoms. The quantitative estimate of drug-likeness (QED) is 0.677. The highest BCUT2D eigenvalue weighted by Crippen LogP contribution is 2.29. The van der Waals surface area contributed by atoms with Gasteiger partial charge in [-0.3, -0.25) is 9.59 Å². The third kappa shape index (κ3) is 5.33. The molecular weight excluding hydrogens is 354 g/mol. The molecule has 0 spiro atoms. The zero-order valence-electron chi connectivity index (χ0n) is 16.5. The topological polar surface area (TPSA) is 71.9 Å². The van der Waals surface area contributed by atoms with Crippen molar-refractivity contribution >= 4 is 17.5 Å². The van der Waals surface area contributed by atoms with Crippen LogP contribution in [-0.4, -0.2) is 39.1 Å². The zero-order valence-corrected chi connectivity index (χ0v) is 16.5. The van der Waals surface area contributed by atoms with Gasteiger partial charge in [-0.05, 0) is 54.7 Å². The molecule has 2 aromatic carbocycles. The van der Waals surface area contributed by atoms with E-state index < -0.39 is 0 Å². The lowest BCUT2D eigenvalue weighted by molar-refractivity contribution is -0.862. The molecule has 0 radical (unpaired) electrons. The molecule has 0 saturated carbocycles. The summed E-state index contributed by atoms with van der Waals surface area (Å²) in [6.07, 6.45) is 3.11. The summed E-state index contributed by atoms with van der Waals surface area (Å²) in [7, 11) is 3.45. The first kappa shape index (κ1) is 19.9. The Morgan fingerprint density at radius 2 is 1.79 bits per heavy atom. The second-order valence-electron chi connectivity index (χ2n) is 7.30. The van der Waals surface area contributed by atoms with E-state index in [1.165, 1.54) is 11.1 Å². The molecule has 3 rings (SSSR count). The van der Waals surface area contributed by atoms with Crippen LogP contribution in [0.2, 0.25) is 0 Å². The van der Waals surface area contributed by atoms with Gasteiger partial charge in [-0.25, -0.2) is 0 Å². The lowest BCUT2D eigenvalue weighted by atomic mass is 9.88. The van der Waals surface area contributed by atoms with Gasteiger partial charge >= 0.3 is 0 Å². The molecule has 1 unspecified atom stereocenters. The first-order valence-corrected chi connectivity index (χ1v) is 9.67. The summed E-state index contributed by atoms with van der Waals surface area (Å²) in [5.41, 5.74) is 3.25. The van der Waals surface area contributed by atoms with Gasteiger partial charge in [0.25, 0.3) is 11.8 Å². The van der Waals surface area contributed by atoms with Gasteiger partial charge in [0.05, 0.1) is 20.2 Å². The molecular formula is C22H28N3O3+. The van der Waals surface area contributed by atoms with E-state index in [2.05, 4.69) is 22.8 Å².